The lowest BCUT2D eigenvalue weighted by molar-refractivity contribution is -0.137. The Bertz CT molecular complexity index is 1010. The van der Waals surface area contributed by atoms with Gasteiger partial charge >= 0.3 is 6.18 Å². The van der Waals surface area contributed by atoms with Crippen LogP contribution in [0.1, 0.15) is 29.0 Å². The quantitative estimate of drug-likeness (QED) is 0.743. The van der Waals surface area contributed by atoms with Crippen LogP contribution in [0.25, 0.3) is 0 Å². The largest absolute Gasteiger partial charge is 0.493 e. The average molecular weight is 439 g/mol. The molecule has 0 saturated carbocycles. The Hall–Kier alpha value is -2.72. The summed E-state index contributed by atoms with van der Waals surface area (Å²) in [4.78, 5) is 23.6. The summed E-state index contributed by atoms with van der Waals surface area (Å²) in [5, 5.41) is 10.8. The van der Waals surface area contributed by atoms with E-state index in [-0.39, 0.29) is 28.4 Å². The SMILES string of the molecule is O=C1NC(=O)C([C@@H]2CCOc3cc(Oc4ccc(C(F)(F)F)cc4CO)ccc32)S1. The molecule has 0 radical (unpaired) electrons. The molecular formula is C20H16F3NO5S. The molecule has 2 amide bonds. The summed E-state index contributed by atoms with van der Waals surface area (Å²) in [6.45, 7) is -0.271. The van der Waals surface area contributed by atoms with Crippen LogP contribution in [-0.2, 0) is 17.6 Å². The van der Waals surface area contributed by atoms with E-state index < -0.39 is 23.6 Å². The molecule has 0 bridgehead atoms. The zero-order chi connectivity index (χ0) is 21.5. The molecule has 2 heterocycles. The number of rotatable bonds is 4. The molecule has 10 heteroatoms. The number of nitrogens with one attached hydrogen (secondary N) is 1. The van der Waals surface area contributed by atoms with Crippen molar-refractivity contribution in [2.75, 3.05) is 6.61 Å². The third-order valence-corrected chi connectivity index (χ3v) is 6.05. The lowest BCUT2D eigenvalue weighted by Crippen LogP contribution is -2.31. The highest BCUT2D eigenvalue weighted by Gasteiger charge is 2.41. The number of thioether (sulfide) groups is 1. The number of amides is 2. The van der Waals surface area contributed by atoms with Gasteiger partial charge in [0.1, 0.15) is 22.5 Å². The van der Waals surface area contributed by atoms with Crippen molar-refractivity contribution in [1.82, 2.24) is 5.32 Å². The minimum atomic E-state index is -4.52. The molecular weight excluding hydrogens is 423 g/mol. The van der Waals surface area contributed by atoms with E-state index >= 15 is 0 Å². The van der Waals surface area contributed by atoms with E-state index in [1.165, 1.54) is 0 Å². The van der Waals surface area contributed by atoms with Crippen molar-refractivity contribution in [3.8, 4) is 17.2 Å². The van der Waals surface area contributed by atoms with Gasteiger partial charge in [-0.25, -0.2) is 0 Å². The van der Waals surface area contributed by atoms with Crippen molar-refractivity contribution in [2.24, 2.45) is 0 Å². The van der Waals surface area contributed by atoms with Crippen molar-refractivity contribution >= 4 is 22.9 Å². The van der Waals surface area contributed by atoms with Gasteiger partial charge in [-0.15, -0.1) is 0 Å². The van der Waals surface area contributed by atoms with E-state index in [0.29, 0.717) is 24.5 Å². The molecule has 2 aliphatic rings. The Morgan fingerprint density at radius 3 is 2.67 bits per heavy atom. The molecule has 4 rings (SSSR count). The van der Waals surface area contributed by atoms with Gasteiger partial charge < -0.3 is 14.6 Å². The third kappa shape index (κ3) is 3.97. The summed E-state index contributed by atoms with van der Waals surface area (Å²) in [5.74, 6) is 0.338. The molecule has 2 aliphatic heterocycles. The first kappa shape index (κ1) is 20.5. The van der Waals surface area contributed by atoms with Gasteiger partial charge in [0.05, 0.1) is 18.8 Å². The summed E-state index contributed by atoms with van der Waals surface area (Å²) in [6.07, 6.45) is -3.96. The van der Waals surface area contributed by atoms with Crippen LogP contribution in [0, 0.1) is 0 Å². The number of aliphatic hydroxyl groups excluding tert-OH is 1. The number of hydrogen-bond acceptors (Lipinski definition) is 6. The van der Waals surface area contributed by atoms with Crippen LogP contribution in [0.3, 0.4) is 0 Å². The van der Waals surface area contributed by atoms with Gasteiger partial charge in [0, 0.05) is 17.5 Å². The van der Waals surface area contributed by atoms with Crippen molar-refractivity contribution in [2.45, 2.75) is 30.4 Å². The van der Waals surface area contributed by atoms with Crippen LogP contribution < -0.4 is 14.8 Å². The fourth-order valence-electron chi connectivity index (χ4n) is 3.52. The normalized spacial score (nSPS) is 21.1. The molecule has 2 atom stereocenters. The Morgan fingerprint density at radius 2 is 2.00 bits per heavy atom. The monoisotopic (exact) mass is 439 g/mol. The summed E-state index contributed by atoms with van der Waals surface area (Å²) < 4.78 is 50.0. The minimum Gasteiger partial charge on any atom is -0.493 e. The zero-order valence-electron chi connectivity index (χ0n) is 15.4. The number of benzene rings is 2. The van der Waals surface area contributed by atoms with E-state index in [9.17, 15) is 27.9 Å². The second-order valence-electron chi connectivity index (χ2n) is 6.84. The average Bonchev–Trinajstić information content (AvgIpc) is 3.04. The molecule has 1 saturated heterocycles. The predicted molar refractivity (Wildman–Crippen MR) is 102 cm³/mol. The minimum absolute atomic E-state index is 0.00104. The highest BCUT2D eigenvalue weighted by molar-refractivity contribution is 8.15. The standard InChI is InChI=1S/C20H16F3NO5S/c21-20(22,23)11-1-4-15(10(7-11)9-25)29-12-2-3-13-14(5-6-28-16(13)8-12)17-18(26)24-19(27)30-17/h1-4,7-8,14,17,25H,5-6,9H2,(H,24,26,27)/t14-,17?/m1/s1. The van der Waals surface area contributed by atoms with Crippen molar-refractivity contribution in [3.63, 3.8) is 0 Å². The topological polar surface area (TPSA) is 84.9 Å². The highest BCUT2D eigenvalue weighted by Crippen LogP contribution is 2.44. The maximum atomic E-state index is 12.9. The van der Waals surface area contributed by atoms with E-state index in [2.05, 4.69) is 5.32 Å². The number of carbonyl (C=O) groups excluding carboxylic acids is 2. The smallest absolute Gasteiger partial charge is 0.416 e. The molecule has 30 heavy (non-hydrogen) atoms. The maximum Gasteiger partial charge on any atom is 0.416 e. The Kier molecular flexibility index (Phi) is 5.37. The summed E-state index contributed by atoms with van der Waals surface area (Å²) >= 11 is 0.953. The number of fused-ring (bicyclic) bond motifs is 1. The van der Waals surface area contributed by atoms with Crippen LogP contribution in [-0.4, -0.2) is 28.1 Å². The number of ether oxygens (including phenoxy) is 2. The van der Waals surface area contributed by atoms with Crippen LogP contribution in [0.15, 0.2) is 36.4 Å². The molecule has 1 fully saturated rings. The fraction of sp³-hybridized carbons (Fsp3) is 0.300. The summed E-state index contributed by atoms with van der Waals surface area (Å²) in [5.41, 5.74) is -0.123. The number of alkyl halides is 3. The van der Waals surface area contributed by atoms with Crippen LogP contribution in [0.2, 0.25) is 0 Å². The van der Waals surface area contributed by atoms with Gasteiger partial charge in [-0.1, -0.05) is 17.8 Å². The first-order chi connectivity index (χ1) is 14.3. The number of carbonyl (C=O) groups is 2. The lowest BCUT2D eigenvalue weighted by atomic mass is 9.89. The van der Waals surface area contributed by atoms with E-state index in [1.807, 2.05) is 0 Å². The van der Waals surface area contributed by atoms with Gasteiger partial charge in [-0.3, -0.25) is 14.9 Å². The first-order valence-electron chi connectivity index (χ1n) is 9.03. The molecule has 2 N–H and O–H groups in total. The van der Waals surface area contributed by atoms with Gasteiger partial charge in [0.2, 0.25) is 5.91 Å². The van der Waals surface area contributed by atoms with E-state index in [4.69, 9.17) is 9.47 Å². The highest BCUT2D eigenvalue weighted by atomic mass is 32.2. The van der Waals surface area contributed by atoms with Crippen LogP contribution in [0.5, 0.6) is 17.2 Å². The molecule has 0 aromatic heterocycles. The second-order valence-corrected chi connectivity index (χ2v) is 7.95. The predicted octanol–water partition coefficient (Wildman–Crippen LogP) is 4.21. The van der Waals surface area contributed by atoms with Crippen molar-refractivity contribution in [3.05, 3.63) is 53.1 Å². The zero-order valence-corrected chi connectivity index (χ0v) is 16.2. The Balaban J connectivity index is 1.59. The van der Waals surface area contributed by atoms with Crippen LogP contribution >= 0.6 is 11.8 Å². The third-order valence-electron chi connectivity index (χ3n) is 4.94. The summed E-state index contributed by atoms with van der Waals surface area (Å²) in [6, 6.07) is 7.79. The van der Waals surface area contributed by atoms with Gasteiger partial charge in [-0.2, -0.15) is 13.2 Å². The number of halogens is 3. The molecule has 158 valence electrons. The van der Waals surface area contributed by atoms with Crippen molar-refractivity contribution < 1.29 is 37.3 Å². The first-order valence-corrected chi connectivity index (χ1v) is 9.91. The Morgan fingerprint density at radius 1 is 1.20 bits per heavy atom. The molecule has 6 nitrogen and oxygen atoms in total. The number of hydrogen-bond donors (Lipinski definition) is 2. The fourth-order valence-corrected chi connectivity index (χ4v) is 4.52. The van der Waals surface area contributed by atoms with E-state index in [0.717, 1.165) is 35.5 Å². The lowest BCUT2D eigenvalue weighted by Gasteiger charge is -2.28. The maximum absolute atomic E-state index is 12.9. The van der Waals surface area contributed by atoms with E-state index in [1.54, 1.807) is 18.2 Å². The molecule has 1 unspecified atom stereocenters. The summed E-state index contributed by atoms with van der Waals surface area (Å²) in [7, 11) is 0. The molecule has 0 aliphatic carbocycles. The van der Waals surface area contributed by atoms with Gasteiger partial charge in [0.25, 0.3) is 5.24 Å². The number of imide groups is 1. The number of aliphatic hydroxyl groups is 1. The van der Waals surface area contributed by atoms with Gasteiger partial charge in [0.15, 0.2) is 0 Å². The second kappa shape index (κ2) is 7.84. The van der Waals surface area contributed by atoms with Crippen LogP contribution in [0.4, 0.5) is 18.0 Å². The Labute approximate surface area is 173 Å². The molecule has 2 aromatic rings. The molecule has 2 aromatic carbocycles. The van der Waals surface area contributed by atoms with Gasteiger partial charge in [-0.05, 0) is 36.2 Å². The molecule has 0 spiro atoms. The van der Waals surface area contributed by atoms with Crippen molar-refractivity contribution in [1.29, 1.82) is 0 Å².